The molecule has 0 saturated heterocycles. The number of fused-ring (bicyclic) bond motifs is 1. The van der Waals surface area contributed by atoms with E-state index >= 15 is 0 Å². The number of methoxy groups -OCH3 is 1. The van der Waals surface area contributed by atoms with Gasteiger partial charge < -0.3 is 18.9 Å². The lowest BCUT2D eigenvalue weighted by Crippen LogP contribution is -2.28. The summed E-state index contributed by atoms with van der Waals surface area (Å²) in [4.78, 5) is 12.0. The molecule has 5 nitrogen and oxygen atoms in total. The number of rotatable bonds is 5. The highest BCUT2D eigenvalue weighted by Crippen LogP contribution is 2.25. The average Bonchev–Trinajstić information content (AvgIpc) is 3.13. The van der Waals surface area contributed by atoms with Crippen molar-refractivity contribution in [2.75, 3.05) is 13.7 Å². The van der Waals surface area contributed by atoms with E-state index in [4.69, 9.17) is 13.6 Å². The van der Waals surface area contributed by atoms with E-state index in [1.807, 2.05) is 30.3 Å². The summed E-state index contributed by atoms with van der Waals surface area (Å²) < 4.78 is 16.9. The Morgan fingerprint density at radius 2 is 2.09 bits per heavy atom. The summed E-state index contributed by atoms with van der Waals surface area (Å²) >= 11 is 3.16. The zero-order valence-electron chi connectivity index (χ0n) is 11.8. The minimum atomic E-state index is -0.366. The second-order valence-electron chi connectivity index (χ2n) is 4.72. The van der Waals surface area contributed by atoms with E-state index in [-0.39, 0.29) is 24.3 Å². The van der Waals surface area contributed by atoms with Crippen molar-refractivity contribution >= 4 is 32.8 Å². The molecule has 1 aromatic carbocycles. The van der Waals surface area contributed by atoms with Crippen LogP contribution in [0.2, 0.25) is 0 Å². The lowest BCUT2D eigenvalue weighted by Gasteiger charge is -2.13. The van der Waals surface area contributed by atoms with Crippen molar-refractivity contribution in [1.82, 2.24) is 5.32 Å². The van der Waals surface area contributed by atoms with Crippen molar-refractivity contribution in [2.24, 2.45) is 0 Å². The molecule has 114 valence electrons. The number of nitrogens with one attached hydrogen (secondary N) is 1. The molecule has 0 unspecified atom stereocenters. The third-order valence-corrected chi connectivity index (χ3v) is 3.72. The number of hydrogen-bond acceptors (Lipinski definition) is 4. The number of carbonyl (C=O) groups is 1. The average molecular weight is 364 g/mol. The van der Waals surface area contributed by atoms with Crippen LogP contribution in [0.3, 0.4) is 0 Å². The van der Waals surface area contributed by atoms with Gasteiger partial charge in [-0.25, -0.2) is 0 Å². The SMILES string of the molecule is CO[C@@H](CNC(=O)c1ccc(Br)o1)c1cc2ccccc2o1. The molecule has 0 spiro atoms. The summed E-state index contributed by atoms with van der Waals surface area (Å²) in [7, 11) is 1.58. The Kier molecular flexibility index (Phi) is 4.31. The largest absolute Gasteiger partial charge is 0.458 e. The fourth-order valence-corrected chi connectivity index (χ4v) is 2.48. The number of amides is 1. The molecular weight excluding hydrogens is 350 g/mol. The van der Waals surface area contributed by atoms with Crippen LogP contribution in [0.15, 0.2) is 56.0 Å². The predicted octanol–water partition coefficient (Wildman–Crippen LogP) is 3.91. The monoisotopic (exact) mass is 363 g/mol. The maximum absolute atomic E-state index is 12.0. The summed E-state index contributed by atoms with van der Waals surface area (Å²) in [5, 5.41) is 3.77. The fourth-order valence-electron chi connectivity index (χ4n) is 2.17. The van der Waals surface area contributed by atoms with Crippen molar-refractivity contribution in [3.05, 3.63) is 58.7 Å². The Labute approximate surface area is 135 Å². The van der Waals surface area contributed by atoms with Crippen LogP contribution in [0.5, 0.6) is 0 Å². The molecule has 0 radical (unpaired) electrons. The highest BCUT2D eigenvalue weighted by Gasteiger charge is 2.18. The standard InChI is InChI=1S/C16H14BrNO4/c1-20-14(9-18-16(19)12-6-7-15(17)22-12)13-8-10-4-2-3-5-11(10)21-13/h2-8,14H,9H2,1H3,(H,18,19)/t14-/m0/s1. The normalized spacial score (nSPS) is 12.5. The van der Waals surface area contributed by atoms with E-state index in [0.29, 0.717) is 10.4 Å². The van der Waals surface area contributed by atoms with Crippen molar-refractivity contribution in [3.63, 3.8) is 0 Å². The zero-order chi connectivity index (χ0) is 15.5. The van der Waals surface area contributed by atoms with Gasteiger partial charge in [0.25, 0.3) is 5.91 Å². The van der Waals surface area contributed by atoms with Crippen LogP contribution in [0.25, 0.3) is 11.0 Å². The van der Waals surface area contributed by atoms with Crippen LogP contribution >= 0.6 is 15.9 Å². The molecule has 0 fully saturated rings. The van der Waals surface area contributed by atoms with Crippen molar-refractivity contribution < 1.29 is 18.4 Å². The maximum atomic E-state index is 12.0. The molecule has 3 rings (SSSR count). The second-order valence-corrected chi connectivity index (χ2v) is 5.51. The Morgan fingerprint density at radius 3 is 2.77 bits per heavy atom. The number of para-hydroxylation sites is 1. The van der Waals surface area contributed by atoms with Crippen molar-refractivity contribution in [3.8, 4) is 0 Å². The first-order valence-electron chi connectivity index (χ1n) is 6.72. The van der Waals surface area contributed by atoms with Gasteiger partial charge in [-0.15, -0.1) is 0 Å². The summed E-state index contributed by atoms with van der Waals surface area (Å²) in [5.41, 5.74) is 0.792. The van der Waals surface area contributed by atoms with E-state index in [1.54, 1.807) is 19.2 Å². The molecule has 2 aromatic heterocycles. The first-order chi connectivity index (χ1) is 10.7. The number of halogens is 1. The molecule has 0 saturated carbocycles. The van der Waals surface area contributed by atoms with Crippen LogP contribution < -0.4 is 5.32 Å². The topological polar surface area (TPSA) is 64.6 Å². The number of furan rings is 2. The van der Waals surface area contributed by atoms with Gasteiger partial charge in [-0.05, 0) is 40.2 Å². The van der Waals surface area contributed by atoms with Gasteiger partial charge in [0.1, 0.15) is 17.4 Å². The molecule has 2 heterocycles. The lowest BCUT2D eigenvalue weighted by molar-refractivity contribution is 0.0732. The molecule has 6 heteroatoms. The molecule has 22 heavy (non-hydrogen) atoms. The first kappa shape index (κ1) is 14.9. The van der Waals surface area contributed by atoms with Gasteiger partial charge >= 0.3 is 0 Å². The summed E-state index contributed by atoms with van der Waals surface area (Å²) in [6.45, 7) is 0.285. The van der Waals surface area contributed by atoms with Gasteiger partial charge in [-0.2, -0.15) is 0 Å². The number of ether oxygens (including phenoxy) is 1. The Hall–Kier alpha value is -2.05. The fraction of sp³-hybridized carbons (Fsp3) is 0.188. The maximum Gasteiger partial charge on any atom is 0.287 e. The predicted molar refractivity (Wildman–Crippen MR) is 84.7 cm³/mol. The number of carbonyl (C=O) groups excluding carboxylic acids is 1. The third kappa shape index (κ3) is 3.08. The number of hydrogen-bond donors (Lipinski definition) is 1. The van der Waals surface area contributed by atoms with Gasteiger partial charge in [-0.1, -0.05) is 18.2 Å². The van der Waals surface area contributed by atoms with Gasteiger partial charge in [0, 0.05) is 12.5 Å². The Morgan fingerprint density at radius 1 is 1.27 bits per heavy atom. The highest BCUT2D eigenvalue weighted by atomic mass is 79.9. The minimum Gasteiger partial charge on any atom is -0.458 e. The summed E-state index contributed by atoms with van der Waals surface area (Å²) in [5.74, 6) is 0.611. The number of benzene rings is 1. The molecule has 0 aliphatic rings. The van der Waals surface area contributed by atoms with Crippen LogP contribution in [0.4, 0.5) is 0 Å². The Balaban J connectivity index is 1.70. The van der Waals surface area contributed by atoms with E-state index in [0.717, 1.165) is 11.0 Å². The summed E-state index contributed by atoms with van der Waals surface area (Å²) in [6.07, 6.45) is -0.366. The van der Waals surface area contributed by atoms with Gasteiger partial charge in [0.15, 0.2) is 10.4 Å². The van der Waals surface area contributed by atoms with E-state index in [2.05, 4.69) is 21.2 Å². The first-order valence-corrected chi connectivity index (χ1v) is 7.51. The van der Waals surface area contributed by atoms with Crippen LogP contribution in [0.1, 0.15) is 22.4 Å². The van der Waals surface area contributed by atoms with E-state index in [1.165, 1.54) is 0 Å². The zero-order valence-corrected chi connectivity index (χ0v) is 13.4. The third-order valence-electron chi connectivity index (χ3n) is 3.29. The van der Waals surface area contributed by atoms with Crippen molar-refractivity contribution in [1.29, 1.82) is 0 Å². The lowest BCUT2D eigenvalue weighted by atomic mass is 10.2. The molecule has 1 atom stereocenters. The van der Waals surface area contributed by atoms with Crippen LogP contribution in [-0.4, -0.2) is 19.6 Å². The van der Waals surface area contributed by atoms with Gasteiger partial charge in [-0.3, -0.25) is 4.79 Å². The van der Waals surface area contributed by atoms with E-state index in [9.17, 15) is 4.79 Å². The summed E-state index contributed by atoms with van der Waals surface area (Å²) in [6, 6.07) is 12.9. The highest BCUT2D eigenvalue weighted by molar-refractivity contribution is 9.10. The minimum absolute atomic E-state index is 0.242. The van der Waals surface area contributed by atoms with Crippen LogP contribution in [0, 0.1) is 0 Å². The quantitative estimate of drug-likeness (QED) is 0.746. The molecule has 3 aromatic rings. The molecular formula is C16H14BrNO4. The second kappa shape index (κ2) is 6.37. The molecule has 0 aliphatic heterocycles. The van der Waals surface area contributed by atoms with Crippen LogP contribution in [-0.2, 0) is 4.74 Å². The molecule has 1 amide bonds. The molecule has 0 aliphatic carbocycles. The van der Waals surface area contributed by atoms with Crippen molar-refractivity contribution in [2.45, 2.75) is 6.10 Å². The Bertz CT molecular complexity index is 759. The van der Waals surface area contributed by atoms with E-state index < -0.39 is 0 Å². The molecule has 1 N–H and O–H groups in total. The molecule has 0 bridgehead atoms. The van der Waals surface area contributed by atoms with Gasteiger partial charge in [0.2, 0.25) is 0 Å². The smallest absolute Gasteiger partial charge is 0.287 e. The van der Waals surface area contributed by atoms with Gasteiger partial charge in [0.05, 0.1) is 6.54 Å².